The molecule has 2 aliphatic carbocycles. The van der Waals surface area contributed by atoms with Crippen molar-refractivity contribution in [2.45, 2.75) is 52.0 Å². The lowest BCUT2D eigenvalue weighted by molar-refractivity contribution is 0.229. The number of hydrogen-bond acceptors (Lipinski definition) is 9. The zero-order chi connectivity index (χ0) is 23.5. The summed E-state index contributed by atoms with van der Waals surface area (Å²) >= 11 is 3.39. The minimum atomic E-state index is 0.246. The lowest BCUT2D eigenvalue weighted by Crippen LogP contribution is -2.19. The number of aliphatic hydroxyl groups is 1. The number of aliphatic hydroxyl groups excluding tert-OH is 1. The van der Waals surface area contributed by atoms with Crippen LogP contribution in [0.2, 0.25) is 0 Å². The van der Waals surface area contributed by atoms with Crippen LogP contribution in [0.3, 0.4) is 0 Å². The second-order valence-corrected chi connectivity index (χ2v) is 11.1. The Morgan fingerprint density at radius 3 is 2.82 bits per heavy atom. The molecule has 178 valence electrons. The average molecular weight is 495 g/mol. The van der Waals surface area contributed by atoms with Crippen LogP contribution < -0.4 is 10.6 Å². The quantitative estimate of drug-likeness (QED) is 0.404. The van der Waals surface area contributed by atoms with Crippen molar-refractivity contribution in [3.63, 3.8) is 0 Å². The monoisotopic (exact) mass is 494 g/mol. The molecular weight excluding hydrogens is 464 g/mol. The highest BCUT2D eigenvalue weighted by Crippen LogP contribution is 2.38. The lowest BCUT2D eigenvalue weighted by atomic mass is 10.1. The summed E-state index contributed by atoms with van der Waals surface area (Å²) in [5, 5.41) is 20.8. The summed E-state index contributed by atoms with van der Waals surface area (Å²) in [6.45, 7) is 5.03. The summed E-state index contributed by atoms with van der Waals surface area (Å²) in [7, 11) is 0. The third-order valence-electron chi connectivity index (χ3n) is 6.31. The van der Waals surface area contributed by atoms with Crippen LogP contribution in [0.1, 0.15) is 46.2 Å². The van der Waals surface area contributed by atoms with Crippen molar-refractivity contribution in [1.82, 2.24) is 19.9 Å². The van der Waals surface area contributed by atoms with E-state index >= 15 is 0 Å². The first kappa shape index (κ1) is 23.1. The van der Waals surface area contributed by atoms with Gasteiger partial charge >= 0.3 is 0 Å². The molecule has 0 spiro atoms. The van der Waals surface area contributed by atoms with E-state index in [-0.39, 0.29) is 12.6 Å². The van der Waals surface area contributed by atoms with Crippen molar-refractivity contribution in [3.8, 4) is 10.6 Å². The number of fused-ring (bicyclic) bond motifs is 1. The van der Waals surface area contributed by atoms with Crippen LogP contribution in [0.25, 0.3) is 16.6 Å². The number of thiazole rings is 2. The molecule has 34 heavy (non-hydrogen) atoms. The Hall–Kier alpha value is -2.62. The fraction of sp³-hybridized carbons (Fsp3) is 0.440. The molecule has 1 fully saturated rings. The molecule has 1 saturated carbocycles. The molecule has 3 N–H and O–H groups in total. The number of aromatic nitrogens is 4. The normalized spacial score (nSPS) is 19.3. The molecular formula is C25H30N6OS2. The van der Waals surface area contributed by atoms with E-state index in [9.17, 15) is 5.11 Å². The molecule has 0 radical (unpaired) electrons. The molecule has 0 aromatic carbocycles. The van der Waals surface area contributed by atoms with Crippen molar-refractivity contribution in [2.75, 3.05) is 23.8 Å². The molecule has 0 aliphatic heterocycles. The molecule has 3 heterocycles. The second-order valence-electron chi connectivity index (χ2n) is 8.91. The molecule has 0 bridgehead atoms. The largest absolute Gasteiger partial charge is 0.396 e. The van der Waals surface area contributed by atoms with Crippen LogP contribution in [0.4, 0.5) is 11.8 Å². The van der Waals surface area contributed by atoms with Gasteiger partial charge in [-0.05, 0) is 45.1 Å². The van der Waals surface area contributed by atoms with Gasteiger partial charge in [0.2, 0.25) is 5.95 Å². The topological polar surface area (TPSA) is 95.9 Å². The highest BCUT2D eigenvalue weighted by atomic mass is 32.1. The summed E-state index contributed by atoms with van der Waals surface area (Å²) in [5.74, 6) is 1.80. The van der Waals surface area contributed by atoms with Gasteiger partial charge in [0.15, 0.2) is 0 Å². The number of rotatable bonds is 8. The minimum absolute atomic E-state index is 0.246. The SMILES string of the molecule is Cc1nc(CCNc2nc(C)c(-c3nc4c(s3)CC=CC=C4)c(NC3CCC(CO)C3)n2)cs1. The van der Waals surface area contributed by atoms with Gasteiger partial charge in [-0.2, -0.15) is 4.98 Å². The summed E-state index contributed by atoms with van der Waals surface area (Å²) < 4.78 is 0. The maximum atomic E-state index is 9.59. The van der Waals surface area contributed by atoms with Gasteiger partial charge in [-0.25, -0.2) is 15.0 Å². The molecule has 2 aliphatic rings. The van der Waals surface area contributed by atoms with E-state index in [4.69, 9.17) is 15.0 Å². The van der Waals surface area contributed by atoms with Crippen LogP contribution in [0.15, 0.2) is 23.6 Å². The third kappa shape index (κ3) is 5.21. The molecule has 2 unspecified atom stereocenters. The highest BCUT2D eigenvalue weighted by molar-refractivity contribution is 7.15. The van der Waals surface area contributed by atoms with Gasteiger partial charge < -0.3 is 15.7 Å². The van der Waals surface area contributed by atoms with Crippen LogP contribution in [-0.4, -0.2) is 44.2 Å². The summed E-state index contributed by atoms with van der Waals surface area (Å²) in [4.78, 5) is 20.4. The van der Waals surface area contributed by atoms with Crippen LogP contribution in [-0.2, 0) is 12.8 Å². The smallest absolute Gasteiger partial charge is 0.224 e. The Labute approximate surface area is 208 Å². The first-order valence-corrected chi connectivity index (χ1v) is 13.5. The third-order valence-corrected chi connectivity index (χ3v) is 8.24. The van der Waals surface area contributed by atoms with Gasteiger partial charge in [0.25, 0.3) is 0 Å². The number of hydrogen-bond donors (Lipinski definition) is 3. The van der Waals surface area contributed by atoms with Crippen LogP contribution >= 0.6 is 22.7 Å². The van der Waals surface area contributed by atoms with E-state index in [1.54, 1.807) is 22.7 Å². The van der Waals surface area contributed by atoms with E-state index in [2.05, 4.69) is 39.2 Å². The number of anilines is 2. The summed E-state index contributed by atoms with van der Waals surface area (Å²) in [6, 6.07) is 0.289. The van der Waals surface area contributed by atoms with Crippen LogP contribution in [0, 0.1) is 19.8 Å². The Bertz CT molecular complexity index is 1210. The molecule has 2 atom stereocenters. The van der Waals surface area contributed by atoms with E-state index < -0.39 is 0 Å². The first-order valence-electron chi connectivity index (χ1n) is 11.8. The lowest BCUT2D eigenvalue weighted by Gasteiger charge is -2.18. The van der Waals surface area contributed by atoms with Crippen molar-refractivity contribution in [1.29, 1.82) is 0 Å². The Morgan fingerprint density at radius 2 is 2.03 bits per heavy atom. The molecule has 5 rings (SSSR count). The second kappa shape index (κ2) is 10.3. The van der Waals surface area contributed by atoms with Gasteiger partial charge in [0.1, 0.15) is 10.8 Å². The van der Waals surface area contributed by atoms with Gasteiger partial charge in [0.05, 0.1) is 27.7 Å². The molecule has 3 aromatic heterocycles. The van der Waals surface area contributed by atoms with E-state index in [0.717, 1.165) is 77.1 Å². The Balaban J connectivity index is 1.42. The maximum Gasteiger partial charge on any atom is 0.224 e. The van der Waals surface area contributed by atoms with E-state index in [0.29, 0.717) is 11.9 Å². The van der Waals surface area contributed by atoms with Crippen molar-refractivity contribution in [3.05, 3.63) is 50.6 Å². The number of nitrogens with one attached hydrogen (secondary N) is 2. The molecule has 9 heteroatoms. The van der Waals surface area contributed by atoms with E-state index in [1.807, 2.05) is 19.9 Å². The minimum Gasteiger partial charge on any atom is -0.396 e. The summed E-state index contributed by atoms with van der Waals surface area (Å²) in [5.41, 5.74) is 4.00. The van der Waals surface area contributed by atoms with Crippen molar-refractivity contribution >= 4 is 40.5 Å². The predicted octanol–water partition coefficient (Wildman–Crippen LogP) is 5.03. The Morgan fingerprint density at radius 1 is 1.12 bits per heavy atom. The summed E-state index contributed by atoms with van der Waals surface area (Å²) in [6.07, 6.45) is 13.1. The van der Waals surface area contributed by atoms with E-state index in [1.165, 1.54) is 4.88 Å². The van der Waals surface area contributed by atoms with Crippen molar-refractivity contribution in [2.24, 2.45) is 5.92 Å². The first-order chi connectivity index (χ1) is 16.6. The number of nitrogens with zero attached hydrogens (tertiary/aromatic N) is 4. The maximum absolute atomic E-state index is 9.59. The highest BCUT2D eigenvalue weighted by Gasteiger charge is 2.27. The fourth-order valence-corrected chi connectivity index (χ4v) is 6.32. The van der Waals surface area contributed by atoms with Crippen molar-refractivity contribution < 1.29 is 5.11 Å². The number of aryl methyl sites for hydroxylation is 2. The van der Waals surface area contributed by atoms with Gasteiger partial charge in [-0.3, -0.25) is 0 Å². The number of allylic oxidation sites excluding steroid dienone is 3. The fourth-order valence-electron chi connectivity index (χ4n) is 4.55. The molecule has 0 saturated heterocycles. The zero-order valence-electron chi connectivity index (χ0n) is 19.5. The van der Waals surface area contributed by atoms with Gasteiger partial charge in [0, 0.05) is 42.3 Å². The van der Waals surface area contributed by atoms with Gasteiger partial charge in [-0.1, -0.05) is 18.2 Å². The van der Waals surface area contributed by atoms with Crippen LogP contribution in [0.5, 0.6) is 0 Å². The molecule has 0 amide bonds. The Kier molecular flexibility index (Phi) is 7.03. The average Bonchev–Trinajstić information content (AvgIpc) is 3.51. The zero-order valence-corrected chi connectivity index (χ0v) is 21.2. The standard InChI is InChI=1S/C25H30N6OS2/c1-15-22(24-30-20-6-4-3-5-7-21(20)34-24)23(29-18-9-8-17(12-18)13-32)31-25(27-15)26-11-10-19-14-33-16(2)28-19/h3-6,14,17-18,32H,7-13H2,1-2H3,(H2,26,27,29,31). The molecule has 7 nitrogen and oxygen atoms in total. The predicted molar refractivity (Wildman–Crippen MR) is 141 cm³/mol. The van der Waals surface area contributed by atoms with Gasteiger partial charge in [-0.15, -0.1) is 22.7 Å². The molecule has 3 aromatic rings.